The fraction of sp³-hybridized carbons (Fsp3) is 0.364. The Kier molecular flexibility index (Phi) is 3.26. The van der Waals surface area contributed by atoms with Crippen LogP contribution in [0.15, 0.2) is 33.7 Å². The molecule has 2 rings (SSSR count). The van der Waals surface area contributed by atoms with Crippen molar-refractivity contribution in [2.24, 2.45) is 4.99 Å². The third kappa shape index (κ3) is 2.72. The zero-order valence-electron chi connectivity index (χ0n) is 8.70. The summed E-state index contributed by atoms with van der Waals surface area (Å²) < 4.78 is 1.09. The molecule has 1 heterocycles. The number of nitrogens with one attached hydrogen (secondary N) is 1. The fourth-order valence-corrected chi connectivity index (χ4v) is 1.78. The molecule has 1 aromatic carbocycles. The number of hydrogen-bond acceptors (Lipinski definition) is 3. The number of guanidine groups is 1. The minimum Gasteiger partial charge on any atom is -0.346 e. The maximum atomic E-state index is 4.45. The molecule has 0 bridgehead atoms. The molecule has 0 saturated heterocycles. The van der Waals surface area contributed by atoms with Gasteiger partial charge in [0.1, 0.15) is 0 Å². The van der Waals surface area contributed by atoms with Crippen molar-refractivity contribution in [2.45, 2.75) is 6.42 Å². The number of benzene rings is 1. The fourth-order valence-electron chi connectivity index (χ4n) is 1.52. The van der Waals surface area contributed by atoms with Crippen LogP contribution >= 0.6 is 15.9 Å². The summed E-state index contributed by atoms with van der Waals surface area (Å²) >= 11 is 3.41. The molecule has 0 unspecified atom stereocenters. The maximum absolute atomic E-state index is 4.45. The predicted octanol–water partition coefficient (Wildman–Crippen LogP) is 2.55. The molecule has 1 N–H and O–H groups in total. The van der Waals surface area contributed by atoms with Gasteiger partial charge in [-0.3, -0.25) is 4.99 Å². The van der Waals surface area contributed by atoms with E-state index in [0.717, 1.165) is 35.6 Å². The van der Waals surface area contributed by atoms with E-state index in [0.29, 0.717) is 0 Å². The van der Waals surface area contributed by atoms with E-state index in [1.54, 1.807) is 0 Å². The second kappa shape index (κ2) is 4.66. The van der Waals surface area contributed by atoms with Crippen LogP contribution in [0.1, 0.15) is 6.42 Å². The zero-order chi connectivity index (χ0) is 10.7. The van der Waals surface area contributed by atoms with Crippen LogP contribution < -0.4 is 5.32 Å². The summed E-state index contributed by atoms with van der Waals surface area (Å²) in [5, 5.41) is 3.31. The highest BCUT2D eigenvalue weighted by Crippen LogP contribution is 2.15. The van der Waals surface area contributed by atoms with Gasteiger partial charge < -0.3 is 10.2 Å². The molecule has 1 aliphatic rings. The number of halogens is 1. The first-order chi connectivity index (χ1) is 7.25. The molecule has 0 aromatic heterocycles. The lowest BCUT2D eigenvalue weighted by Crippen LogP contribution is -2.37. The normalized spacial score (nSPS) is 16.1. The Morgan fingerprint density at radius 3 is 2.73 bits per heavy atom. The molecule has 0 spiro atoms. The van der Waals surface area contributed by atoms with E-state index in [-0.39, 0.29) is 0 Å². The summed E-state index contributed by atoms with van der Waals surface area (Å²) in [5.74, 6) is 0.962. The molecule has 1 aliphatic heterocycles. The van der Waals surface area contributed by atoms with Crippen molar-refractivity contribution in [3.05, 3.63) is 28.7 Å². The molecule has 0 saturated carbocycles. The van der Waals surface area contributed by atoms with E-state index in [9.17, 15) is 0 Å². The molecular formula is C11H14BrN3. The van der Waals surface area contributed by atoms with Gasteiger partial charge in [-0.05, 0) is 30.7 Å². The van der Waals surface area contributed by atoms with Gasteiger partial charge in [-0.1, -0.05) is 15.9 Å². The molecule has 4 heteroatoms. The average molecular weight is 268 g/mol. The first-order valence-electron chi connectivity index (χ1n) is 5.04. The summed E-state index contributed by atoms with van der Waals surface area (Å²) in [5.41, 5.74) is 1.07. The van der Waals surface area contributed by atoms with Gasteiger partial charge in [0.2, 0.25) is 0 Å². The van der Waals surface area contributed by atoms with Crippen LogP contribution in [0.4, 0.5) is 5.69 Å². The topological polar surface area (TPSA) is 27.6 Å². The number of nitrogens with zero attached hydrogens (tertiary/aromatic N) is 2. The maximum Gasteiger partial charge on any atom is 0.198 e. The predicted molar refractivity (Wildman–Crippen MR) is 67.3 cm³/mol. The summed E-state index contributed by atoms with van der Waals surface area (Å²) in [6.45, 7) is 1.99. The highest BCUT2D eigenvalue weighted by Gasteiger charge is 2.10. The van der Waals surface area contributed by atoms with Gasteiger partial charge in [0.15, 0.2) is 5.96 Å². The SMILES string of the molecule is CN1CCCN=C1Nc1ccc(Br)cc1. The van der Waals surface area contributed by atoms with Crippen LogP contribution in [0.5, 0.6) is 0 Å². The molecule has 1 aromatic rings. The van der Waals surface area contributed by atoms with Crippen molar-refractivity contribution in [1.82, 2.24) is 4.90 Å². The monoisotopic (exact) mass is 267 g/mol. The largest absolute Gasteiger partial charge is 0.346 e. The van der Waals surface area contributed by atoms with Crippen molar-refractivity contribution in [1.29, 1.82) is 0 Å². The summed E-state index contributed by atoms with van der Waals surface area (Å²) in [6.07, 6.45) is 1.14. The lowest BCUT2D eigenvalue weighted by molar-refractivity contribution is 0.466. The van der Waals surface area contributed by atoms with Crippen molar-refractivity contribution in [3.63, 3.8) is 0 Å². The number of anilines is 1. The van der Waals surface area contributed by atoms with Crippen LogP contribution in [0.2, 0.25) is 0 Å². The van der Waals surface area contributed by atoms with Gasteiger partial charge in [0.25, 0.3) is 0 Å². The first-order valence-corrected chi connectivity index (χ1v) is 5.83. The highest BCUT2D eigenvalue weighted by molar-refractivity contribution is 9.10. The number of rotatable bonds is 1. The van der Waals surface area contributed by atoms with Gasteiger partial charge in [-0.25, -0.2) is 0 Å². The summed E-state index contributed by atoms with van der Waals surface area (Å²) in [4.78, 5) is 6.59. The molecule has 80 valence electrons. The van der Waals surface area contributed by atoms with Crippen molar-refractivity contribution in [3.8, 4) is 0 Å². The van der Waals surface area contributed by atoms with E-state index >= 15 is 0 Å². The van der Waals surface area contributed by atoms with Crippen LogP contribution in [-0.2, 0) is 0 Å². The third-order valence-corrected chi connectivity index (χ3v) is 2.90. The molecule has 0 fully saturated rings. The minimum atomic E-state index is 0.920. The van der Waals surface area contributed by atoms with Gasteiger partial charge >= 0.3 is 0 Å². The minimum absolute atomic E-state index is 0.920. The molecule has 0 aliphatic carbocycles. The molecular weight excluding hydrogens is 254 g/mol. The Morgan fingerprint density at radius 2 is 2.07 bits per heavy atom. The van der Waals surface area contributed by atoms with Crippen LogP contribution in [0.3, 0.4) is 0 Å². The van der Waals surface area contributed by atoms with E-state index in [1.165, 1.54) is 0 Å². The van der Waals surface area contributed by atoms with Crippen LogP contribution in [-0.4, -0.2) is 31.0 Å². The van der Waals surface area contributed by atoms with Crippen LogP contribution in [0, 0.1) is 0 Å². The van der Waals surface area contributed by atoms with Crippen molar-refractivity contribution < 1.29 is 0 Å². The zero-order valence-corrected chi connectivity index (χ0v) is 10.3. The third-order valence-electron chi connectivity index (χ3n) is 2.38. The van der Waals surface area contributed by atoms with Gasteiger partial charge in [-0.15, -0.1) is 0 Å². The Labute approximate surface area is 98.3 Å². The standard InChI is InChI=1S/C11H14BrN3/c1-15-8-2-7-13-11(15)14-10-5-3-9(12)4-6-10/h3-6H,2,7-8H2,1H3,(H,13,14). The average Bonchev–Trinajstić information content (AvgIpc) is 2.25. The molecule has 15 heavy (non-hydrogen) atoms. The first kappa shape index (κ1) is 10.5. The van der Waals surface area contributed by atoms with E-state index < -0.39 is 0 Å². The van der Waals surface area contributed by atoms with Crippen LogP contribution in [0.25, 0.3) is 0 Å². The van der Waals surface area contributed by atoms with Crippen molar-refractivity contribution in [2.75, 3.05) is 25.5 Å². The number of hydrogen-bond donors (Lipinski definition) is 1. The number of aliphatic imine (C=N–C) groups is 1. The lowest BCUT2D eigenvalue weighted by Gasteiger charge is -2.25. The Balaban J connectivity index is 2.08. The highest BCUT2D eigenvalue weighted by atomic mass is 79.9. The Hall–Kier alpha value is -1.03. The van der Waals surface area contributed by atoms with E-state index in [4.69, 9.17) is 0 Å². The summed E-state index contributed by atoms with van der Waals surface area (Å²) in [7, 11) is 2.06. The molecule has 0 atom stereocenters. The molecule has 0 radical (unpaired) electrons. The second-order valence-electron chi connectivity index (χ2n) is 3.61. The summed E-state index contributed by atoms with van der Waals surface area (Å²) in [6, 6.07) is 8.11. The van der Waals surface area contributed by atoms with Gasteiger partial charge in [0.05, 0.1) is 0 Å². The molecule has 0 amide bonds. The molecule has 3 nitrogen and oxygen atoms in total. The quantitative estimate of drug-likeness (QED) is 0.847. The Bertz CT molecular complexity index is 359. The van der Waals surface area contributed by atoms with Crippen molar-refractivity contribution >= 4 is 27.6 Å². The Morgan fingerprint density at radius 1 is 1.33 bits per heavy atom. The van der Waals surface area contributed by atoms with E-state index in [2.05, 4.69) is 38.2 Å². The second-order valence-corrected chi connectivity index (χ2v) is 4.53. The van der Waals surface area contributed by atoms with E-state index in [1.807, 2.05) is 24.3 Å². The lowest BCUT2D eigenvalue weighted by atomic mass is 10.3. The van der Waals surface area contributed by atoms with Gasteiger partial charge in [0, 0.05) is 30.3 Å². The van der Waals surface area contributed by atoms with Gasteiger partial charge in [-0.2, -0.15) is 0 Å². The smallest absolute Gasteiger partial charge is 0.198 e.